The molecule has 8 atom stereocenters. The summed E-state index contributed by atoms with van der Waals surface area (Å²) in [5, 5.41) is 11.1. The lowest BCUT2D eigenvalue weighted by atomic mass is 9.79. The quantitative estimate of drug-likeness (QED) is 0.0956. The maximum Gasteiger partial charge on any atom is 0.266 e. The van der Waals surface area contributed by atoms with E-state index in [1.807, 2.05) is 26.8 Å². The van der Waals surface area contributed by atoms with Crippen LogP contribution in [0.1, 0.15) is 114 Å². The lowest BCUT2D eigenvalue weighted by molar-refractivity contribution is -0.340. The van der Waals surface area contributed by atoms with Crippen molar-refractivity contribution in [3.8, 4) is 12.3 Å². The number of thiocarbonyl (C=S) groups is 1. The van der Waals surface area contributed by atoms with E-state index in [1.54, 1.807) is 13.0 Å². The van der Waals surface area contributed by atoms with E-state index in [0.29, 0.717) is 18.9 Å². The van der Waals surface area contributed by atoms with E-state index in [0.717, 1.165) is 50.5 Å². The fraction of sp³-hybridized carbons (Fsp3) is 0.789. The van der Waals surface area contributed by atoms with Crippen molar-refractivity contribution in [1.29, 1.82) is 0 Å². The van der Waals surface area contributed by atoms with Crippen molar-refractivity contribution in [2.45, 2.75) is 168 Å². The van der Waals surface area contributed by atoms with Gasteiger partial charge in [0, 0.05) is 12.8 Å². The number of nitrogens with zero attached hydrogens (tertiary/aromatic N) is 1. The summed E-state index contributed by atoms with van der Waals surface area (Å²) in [5.74, 6) is 1.99. The van der Waals surface area contributed by atoms with E-state index in [9.17, 15) is 9.90 Å². The summed E-state index contributed by atoms with van der Waals surface area (Å²) < 4.78 is 26.3. The zero-order valence-corrected chi connectivity index (χ0v) is 32.9. The van der Waals surface area contributed by atoms with Gasteiger partial charge in [0.1, 0.15) is 12.7 Å². The minimum Gasteiger partial charge on any atom is -0.468 e. The molecule has 1 spiro atoms. The van der Waals surface area contributed by atoms with Crippen molar-refractivity contribution < 1.29 is 28.5 Å². The first-order valence-electron chi connectivity index (χ1n) is 17.9. The number of allylic oxidation sites excluding steroid dienone is 2. The van der Waals surface area contributed by atoms with Crippen LogP contribution in [-0.2, 0) is 23.4 Å². The number of rotatable bonds is 12. The maximum absolute atomic E-state index is 13.2. The van der Waals surface area contributed by atoms with Crippen molar-refractivity contribution in [2.24, 2.45) is 17.8 Å². The van der Waals surface area contributed by atoms with Gasteiger partial charge >= 0.3 is 0 Å². The van der Waals surface area contributed by atoms with Gasteiger partial charge in [-0.25, -0.2) is 0 Å². The van der Waals surface area contributed by atoms with Gasteiger partial charge in [-0.15, -0.1) is 6.42 Å². The third-order valence-electron chi connectivity index (χ3n) is 11.1. The highest BCUT2D eigenvalue weighted by Gasteiger charge is 2.56. The van der Waals surface area contributed by atoms with E-state index in [4.69, 9.17) is 37.3 Å². The van der Waals surface area contributed by atoms with E-state index >= 15 is 0 Å². The Morgan fingerprint density at radius 2 is 1.91 bits per heavy atom. The van der Waals surface area contributed by atoms with Crippen LogP contribution in [0.5, 0.6) is 0 Å². The second-order valence-electron chi connectivity index (χ2n) is 16.2. The van der Waals surface area contributed by atoms with E-state index in [-0.39, 0.29) is 34.2 Å². The van der Waals surface area contributed by atoms with Crippen molar-refractivity contribution in [3.63, 3.8) is 0 Å². The predicted octanol–water partition coefficient (Wildman–Crippen LogP) is 8.32. The molecule has 266 valence electrons. The first-order valence-corrected chi connectivity index (χ1v) is 21.2. The molecule has 3 fully saturated rings. The molecule has 0 aromatic carbocycles. The number of aliphatic hydroxyl groups excluding tert-OH is 1. The summed E-state index contributed by atoms with van der Waals surface area (Å²) in [4.78, 5) is 14.8. The molecule has 0 aliphatic carbocycles. The predicted molar refractivity (Wildman–Crippen MR) is 196 cm³/mol. The van der Waals surface area contributed by atoms with E-state index in [2.05, 4.69) is 59.7 Å². The second-order valence-corrected chi connectivity index (χ2v) is 21.3. The van der Waals surface area contributed by atoms with Crippen LogP contribution in [0, 0.1) is 30.1 Å². The Morgan fingerprint density at radius 1 is 1.23 bits per heavy atom. The first-order chi connectivity index (χ1) is 21.8. The number of aliphatic hydroxyl groups is 1. The van der Waals surface area contributed by atoms with Crippen LogP contribution in [-0.4, -0.2) is 71.8 Å². The Labute approximate surface area is 292 Å². The molecule has 1 N–H and O–H groups in total. The molecule has 0 aromatic heterocycles. The van der Waals surface area contributed by atoms with Gasteiger partial charge in [0.05, 0.1) is 29.8 Å². The molecule has 3 rings (SSSR count). The van der Waals surface area contributed by atoms with Gasteiger partial charge in [-0.1, -0.05) is 98.0 Å². The number of carbonyl (C=O) groups is 1. The minimum atomic E-state index is -2.11. The lowest BCUT2D eigenvalue weighted by Gasteiger charge is -2.55. The van der Waals surface area contributed by atoms with Crippen LogP contribution in [0.15, 0.2) is 23.8 Å². The number of unbranched alkanes of at least 4 members (excludes halogenated alkanes) is 1. The number of hydrogen-bond donors (Lipinski definition) is 1. The molecule has 0 unspecified atom stereocenters. The highest BCUT2D eigenvalue weighted by atomic mass is 32.1. The fourth-order valence-electron chi connectivity index (χ4n) is 6.62. The fourth-order valence-corrected chi connectivity index (χ4v) is 8.54. The lowest BCUT2D eigenvalue weighted by Crippen LogP contribution is -2.62. The number of hydrogen-bond acceptors (Lipinski definition) is 7. The molecule has 3 aliphatic heterocycles. The largest absolute Gasteiger partial charge is 0.468 e. The zero-order chi connectivity index (χ0) is 35.4. The van der Waals surface area contributed by atoms with E-state index in [1.165, 1.54) is 4.90 Å². The molecule has 1 amide bonds. The smallest absolute Gasteiger partial charge is 0.266 e. The molecular weight excluding hydrogens is 627 g/mol. The molecule has 0 aromatic rings. The number of terminal acetylenes is 1. The third kappa shape index (κ3) is 9.37. The summed E-state index contributed by atoms with van der Waals surface area (Å²) in [7, 11) is -2.11. The monoisotopic (exact) mass is 689 g/mol. The molecular formula is C38H63NO6SSi. The van der Waals surface area contributed by atoms with Gasteiger partial charge in [0.2, 0.25) is 5.91 Å². The van der Waals surface area contributed by atoms with Crippen LogP contribution < -0.4 is 0 Å². The van der Waals surface area contributed by atoms with Gasteiger partial charge in [-0.05, 0) is 74.8 Å². The molecule has 3 aliphatic rings. The summed E-state index contributed by atoms with van der Waals surface area (Å²) in [6, 6.07) is -0.113. The minimum absolute atomic E-state index is 0.0236. The van der Waals surface area contributed by atoms with Crippen molar-refractivity contribution in [2.75, 3.05) is 6.61 Å². The summed E-state index contributed by atoms with van der Waals surface area (Å²) >= 11 is 5.29. The highest BCUT2D eigenvalue weighted by Crippen LogP contribution is 2.50. The van der Waals surface area contributed by atoms with E-state index < -0.39 is 37.8 Å². The summed E-state index contributed by atoms with van der Waals surface area (Å²) in [5.41, 5.74) is 0.496. The van der Waals surface area contributed by atoms with Crippen LogP contribution in [0.3, 0.4) is 0 Å². The van der Waals surface area contributed by atoms with Gasteiger partial charge < -0.3 is 23.7 Å². The van der Waals surface area contributed by atoms with Crippen LogP contribution in [0.2, 0.25) is 18.1 Å². The molecule has 3 saturated heterocycles. The average molecular weight is 690 g/mol. The Bertz CT molecular complexity index is 1200. The second kappa shape index (κ2) is 16.0. The Hall–Kier alpha value is -1.54. The molecule has 0 saturated carbocycles. The van der Waals surface area contributed by atoms with Crippen molar-refractivity contribution in [3.05, 3.63) is 23.8 Å². The summed E-state index contributed by atoms with van der Waals surface area (Å²) in [6.07, 6.45) is 17.6. The normalized spacial score (nSPS) is 32.1. The molecule has 7 nitrogen and oxygen atoms in total. The van der Waals surface area contributed by atoms with Crippen LogP contribution in [0.4, 0.5) is 0 Å². The van der Waals surface area contributed by atoms with Crippen LogP contribution >= 0.6 is 12.2 Å². The molecule has 9 heteroatoms. The highest BCUT2D eigenvalue weighted by molar-refractivity contribution is 7.80. The number of carbonyl (C=O) groups excluding carboxylic acids is 1. The van der Waals surface area contributed by atoms with Crippen molar-refractivity contribution in [1.82, 2.24) is 4.90 Å². The maximum atomic E-state index is 13.2. The molecule has 3 heterocycles. The first kappa shape index (κ1) is 39.9. The third-order valence-corrected chi connectivity index (χ3v) is 16.0. The van der Waals surface area contributed by atoms with Crippen LogP contribution in [0.25, 0.3) is 0 Å². The Kier molecular flexibility index (Phi) is 13.6. The average Bonchev–Trinajstić information content (AvgIpc) is 3.40. The van der Waals surface area contributed by atoms with Gasteiger partial charge in [0.25, 0.3) is 5.17 Å². The van der Waals surface area contributed by atoms with Gasteiger partial charge in [-0.2, -0.15) is 0 Å². The number of ether oxygens (including phenoxy) is 3. The Morgan fingerprint density at radius 3 is 2.51 bits per heavy atom. The van der Waals surface area contributed by atoms with Gasteiger partial charge in [-0.3, -0.25) is 9.69 Å². The van der Waals surface area contributed by atoms with Gasteiger partial charge in [0.15, 0.2) is 14.1 Å². The standard InChI is InChI=1S/C38H63NO6SSi/c1-13-15-21-37(45-47(11,12)36(8,9)10)23-24-38(44-33(37)14-2)22-20-28(6)32(43-38)19-17-27(5)16-18-31(40)29(7)34(41)39-30(26(3)4)25-42-35(39)46/h2,16-18,26,28-33,40H,13,15,19-25H2,1,3-12H3/b18-16+,27-17+/t28-,29+,30+,31-,32+,33-,37+,38-/m0/s1. The SMILES string of the molecule is C#C[C@@H]1O[C@@]2(CC[C@H](C)[C@@H](C/C=C(C)/C=C/[C@H](O)[C@@H](C)C(=O)N3C(=S)OC[C@@H]3C(C)C)O2)CC[C@@]1(CCCC)O[Si](C)(C)C(C)(C)C. The Balaban J connectivity index is 1.68. The topological polar surface area (TPSA) is 77.5 Å². The summed E-state index contributed by atoms with van der Waals surface area (Å²) in [6.45, 7) is 24.1. The molecule has 47 heavy (non-hydrogen) atoms. The molecule has 0 radical (unpaired) electrons. The molecule has 0 bridgehead atoms. The zero-order valence-electron chi connectivity index (χ0n) is 31.1. The number of amides is 1. The van der Waals surface area contributed by atoms with Crippen molar-refractivity contribution >= 4 is 31.6 Å².